The molecule has 4 nitrogen and oxygen atoms in total. The molecule has 18 heavy (non-hydrogen) atoms. The van der Waals surface area contributed by atoms with Crippen LogP contribution in [-0.2, 0) is 6.54 Å². The summed E-state index contributed by atoms with van der Waals surface area (Å²) in [6.45, 7) is 4.99. The smallest absolute Gasteiger partial charge is 0.107 e. The molecule has 5 heteroatoms. The van der Waals surface area contributed by atoms with Gasteiger partial charge in [-0.3, -0.25) is 9.80 Å². The predicted molar refractivity (Wildman–Crippen MR) is 72.6 cm³/mol. The van der Waals surface area contributed by atoms with Gasteiger partial charge < -0.3 is 5.11 Å². The van der Waals surface area contributed by atoms with Crippen molar-refractivity contribution in [2.45, 2.75) is 38.0 Å². The second-order valence-electron chi connectivity index (χ2n) is 5.35. The van der Waals surface area contributed by atoms with E-state index in [1.54, 1.807) is 11.3 Å². The lowest BCUT2D eigenvalue weighted by Gasteiger charge is -2.33. The molecule has 0 aliphatic carbocycles. The van der Waals surface area contributed by atoms with Crippen LogP contribution in [0.1, 0.15) is 24.3 Å². The van der Waals surface area contributed by atoms with E-state index in [9.17, 15) is 5.11 Å². The number of piperidine rings is 1. The lowest BCUT2D eigenvalue weighted by molar-refractivity contribution is 0.0706. The monoisotopic (exact) mass is 267 g/mol. The zero-order valence-corrected chi connectivity index (χ0v) is 11.5. The number of hydrogen-bond donors (Lipinski definition) is 1. The Morgan fingerprint density at radius 3 is 2.83 bits per heavy atom. The average Bonchev–Trinajstić information content (AvgIpc) is 3.01. The Morgan fingerprint density at radius 1 is 1.28 bits per heavy atom. The normalized spacial score (nSPS) is 30.9. The van der Waals surface area contributed by atoms with Crippen LogP contribution < -0.4 is 0 Å². The number of hydrogen-bond acceptors (Lipinski definition) is 5. The van der Waals surface area contributed by atoms with Gasteiger partial charge in [-0.15, -0.1) is 11.3 Å². The molecular weight excluding hydrogens is 246 g/mol. The van der Waals surface area contributed by atoms with Crippen LogP contribution in [0.25, 0.3) is 0 Å². The number of β-amino-alcohol motifs (C(OH)–C–C–N with tert-alkyl or cyclic N) is 1. The van der Waals surface area contributed by atoms with Crippen molar-refractivity contribution in [1.29, 1.82) is 0 Å². The Morgan fingerprint density at radius 2 is 2.11 bits per heavy atom. The quantitative estimate of drug-likeness (QED) is 0.892. The molecule has 0 bridgehead atoms. The van der Waals surface area contributed by atoms with E-state index in [2.05, 4.69) is 14.8 Å². The molecule has 2 fully saturated rings. The van der Waals surface area contributed by atoms with Gasteiger partial charge in [0.2, 0.25) is 0 Å². The van der Waals surface area contributed by atoms with Crippen molar-refractivity contribution < 1.29 is 5.11 Å². The fourth-order valence-corrected chi connectivity index (χ4v) is 3.76. The van der Waals surface area contributed by atoms with Gasteiger partial charge in [0.25, 0.3) is 0 Å². The first-order valence-corrected chi connectivity index (χ1v) is 7.74. The van der Waals surface area contributed by atoms with Crippen LogP contribution in [0.5, 0.6) is 0 Å². The Labute approximate surface area is 112 Å². The topological polar surface area (TPSA) is 39.6 Å². The summed E-state index contributed by atoms with van der Waals surface area (Å²) in [7, 11) is 0. The van der Waals surface area contributed by atoms with E-state index >= 15 is 0 Å². The minimum atomic E-state index is -0.192. The molecule has 2 atom stereocenters. The molecule has 0 amide bonds. The molecule has 100 valence electrons. The first-order valence-electron chi connectivity index (χ1n) is 6.86. The molecule has 0 spiro atoms. The summed E-state index contributed by atoms with van der Waals surface area (Å²) < 4.78 is 0. The molecule has 0 unspecified atom stereocenters. The van der Waals surface area contributed by atoms with Crippen molar-refractivity contribution >= 4 is 11.3 Å². The zero-order valence-electron chi connectivity index (χ0n) is 10.7. The van der Waals surface area contributed by atoms with E-state index in [1.807, 2.05) is 11.6 Å². The van der Waals surface area contributed by atoms with Crippen molar-refractivity contribution in [2.75, 3.05) is 26.2 Å². The lowest BCUT2D eigenvalue weighted by Crippen LogP contribution is -2.45. The second kappa shape index (κ2) is 5.65. The van der Waals surface area contributed by atoms with Crippen LogP contribution >= 0.6 is 11.3 Å². The number of thiazole rings is 1. The van der Waals surface area contributed by atoms with E-state index in [4.69, 9.17) is 0 Å². The first-order chi connectivity index (χ1) is 8.83. The molecule has 2 saturated heterocycles. The van der Waals surface area contributed by atoms with Crippen molar-refractivity contribution in [3.05, 3.63) is 16.6 Å². The van der Waals surface area contributed by atoms with Crippen molar-refractivity contribution in [3.8, 4) is 0 Å². The largest absolute Gasteiger partial charge is 0.390 e. The second-order valence-corrected chi connectivity index (χ2v) is 6.33. The lowest BCUT2D eigenvalue weighted by atomic mass is 10.1. The molecule has 3 heterocycles. The van der Waals surface area contributed by atoms with Gasteiger partial charge in [0.15, 0.2) is 0 Å². The van der Waals surface area contributed by atoms with Gasteiger partial charge in [-0.05, 0) is 25.9 Å². The molecule has 3 rings (SSSR count). The minimum Gasteiger partial charge on any atom is -0.390 e. The SMILES string of the molecule is O[C@@H]1CN(Cc2nccs2)C[C@H]1N1CCCCC1. The predicted octanol–water partition coefficient (Wildman–Crippen LogP) is 1.17. The highest BCUT2D eigenvalue weighted by Crippen LogP contribution is 2.22. The van der Waals surface area contributed by atoms with Crippen LogP contribution in [0, 0.1) is 0 Å². The highest BCUT2D eigenvalue weighted by atomic mass is 32.1. The third-order valence-electron chi connectivity index (χ3n) is 4.04. The van der Waals surface area contributed by atoms with Gasteiger partial charge in [0, 0.05) is 30.7 Å². The summed E-state index contributed by atoms with van der Waals surface area (Å²) in [4.78, 5) is 9.14. The summed E-state index contributed by atoms with van der Waals surface area (Å²) in [5.41, 5.74) is 0. The third-order valence-corrected chi connectivity index (χ3v) is 4.80. The molecule has 1 aromatic heterocycles. The van der Waals surface area contributed by atoms with Crippen LogP contribution in [0.2, 0.25) is 0 Å². The van der Waals surface area contributed by atoms with Crippen LogP contribution in [0.4, 0.5) is 0 Å². The third kappa shape index (κ3) is 2.74. The molecular formula is C13H21N3OS. The van der Waals surface area contributed by atoms with E-state index in [0.29, 0.717) is 6.04 Å². The average molecular weight is 267 g/mol. The van der Waals surface area contributed by atoms with Crippen LogP contribution in [-0.4, -0.2) is 58.2 Å². The minimum absolute atomic E-state index is 0.192. The molecule has 1 N–H and O–H groups in total. The van der Waals surface area contributed by atoms with Gasteiger partial charge >= 0.3 is 0 Å². The number of nitrogens with zero attached hydrogens (tertiary/aromatic N) is 3. The molecule has 1 aromatic rings. The summed E-state index contributed by atoms with van der Waals surface area (Å²) >= 11 is 1.70. The number of aromatic nitrogens is 1. The Bertz CT molecular complexity index is 364. The molecule has 0 aromatic carbocycles. The summed E-state index contributed by atoms with van der Waals surface area (Å²) in [6, 6.07) is 0.338. The van der Waals surface area contributed by atoms with Crippen LogP contribution in [0.3, 0.4) is 0 Å². The van der Waals surface area contributed by atoms with Crippen molar-refractivity contribution in [1.82, 2.24) is 14.8 Å². The fraction of sp³-hybridized carbons (Fsp3) is 0.769. The van der Waals surface area contributed by atoms with E-state index in [1.165, 1.54) is 19.3 Å². The number of rotatable bonds is 3. The molecule has 0 saturated carbocycles. The number of aliphatic hydroxyl groups excluding tert-OH is 1. The summed E-state index contributed by atoms with van der Waals surface area (Å²) in [6.07, 6.45) is 5.59. The Hall–Kier alpha value is -0.490. The van der Waals surface area contributed by atoms with Crippen molar-refractivity contribution in [3.63, 3.8) is 0 Å². The van der Waals surface area contributed by atoms with E-state index < -0.39 is 0 Å². The Kier molecular flexibility index (Phi) is 3.94. The number of likely N-dealkylation sites (tertiary alicyclic amines) is 2. The first kappa shape index (κ1) is 12.5. The van der Waals surface area contributed by atoms with E-state index in [0.717, 1.165) is 37.7 Å². The molecule has 2 aliphatic heterocycles. The summed E-state index contributed by atoms with van der Waals surface area (Å²) in [5.74, 6) is 0. The standard InChI is InChI=1S/C13H21N3OS/c17-12-9-15(10-13-14-4-7-18-13)8-11(12)16-5-2-1-3-6-16/h4,7,11-12,17H,1-3,5-6,8-10H2/t11-,12-/m1/s1. The van der Waals surface area contributed by atoms with Gasteiger partial charge in [-0.25, -0.2) is 4.98 Å². The van der Waals surface area contributed by atoms with Gasteiger partial charge in [-0.2, -0.15) is 0 Å². The maximum Gasteiger partial charge on any atom is 0.107 e. The maximum absolute atomic E-state index is 10.2. The highest BCUT2D eigenvalue weighted by Gasteiger charge is 2.35. The van der Waals surface area contributed by atoms with E-state index in [-0.39, 0.29) is 6.10 Å². The van der Waals surface area contributed by atoms with Gasteiger partial charge in [-0.1, -0.05) is 6.42 Å². The van der Waals surface area contributed by atoms with Crippen molar-refractivity contribution in [2.24, 2.45) is 0 Å². The Balaban J connectivity index is 1.57. The van der Waals surface area contributed by atoms with Gasteiger partial charge in [0.05, 0.1) is 12.6 Å². The van der Waals surface area contributed by atoms with Crippen LogP contribution in [0.15, 0.2) is 11.6 Å². The van der Waals surface area contributed by atoms with Gasteiger partial charge in [0.1, 0.15) is 5.01 Å². The summed E-state index contributed by atoms with van der Waals surface area (Å²) in [5, 5.41) is 13.4. The molecule has 2 aliphatic rings. The maximum atomic E-state index is 10.2. The highest BCUT2D eigenvalue weighted by molar-refractivity contribution is 7.09. The molecule has 0 radical (unpaired) electrons. The zero-order chi connectivity index (χ0) is 12.4. The fourth-order valence-electron chi connectivity index (χ4n) is 3.11. The number of aliphatic hydroxyl groups is 1.